The SMILES string of the molecule is CC(C)(C)OC(=O)NCC1CCCC1S. The molecular weight excluding hydrogens is 210 g/mol. The number of nitrogens with one attached hydrogen (secondary N) is 1. The average Bonchev–Trinajstić information content (AvgIpc) is 2.44. The summed E-state index contributed by atoms with van der Waals surface area (Å²) in [5.41, 5.74) is -0.417. The van der Waals surface area contributed by atoms with Crippen molar-refractivity contribution in [1.82, 2.24) is 5.32 Å². The van der Waals surface area contributed by atoms with Crippen molar-refractivity contribution in [2.45, 2.75) is 50.9 Å². The number of hydrogen-bond acceptors (Lipinski definition) is 3. The monoisotopic (exact) mass is 231 g/mol. The van der Waals surface area contributed by atoms with Crippen LogP contribution in [0.25, 0.3) is 0 Å². The molecule has 0 aromatic carbocycles. The van der Waals surface area contributed by atoms with E-state index >= 15 is 0 Å². The molecule has 0 bridgehead atoms. The van der Waals surface area contributed by atoms with Crippen LogP contribution in [-0.2, 0) is 4.74 Å². The maximum Gasteiger partial charge on any atom is 0.407 e. The minimum absolute atomic E-state index is 0.324. The molecule has 2 atom stereocenters. The van der Waals surface area contributed by atoms with Crippen molar-refractivity contribution in [3.05, 3.63) is 0 Å². The molecule has 0 aliphatic heterocycles. The summed E-state index contributed by atoms with van der Waals surface area (Å²) in [4.78, 5) is 11.4. The van der Waals surface area contributed by atoms with Crippen LogP contribution < -0.4 is 5.32 Å². The van der Waals surface area contributed by atoms with Crippen LogP contribution in [0.1, 0.15) is 40.0 Å². The highest BCUT2D eigenvalue weighted by molar-refractivity contribution is 7.81. The predicted molar refractivity (Wildman–Crippen MR) is 64.4 cm³/mol. The van der Waals surface area contributed by atoms with Gasteiger partial charge in [0.1, 0.15) is 5.60 Å². The third-order valence-corrected chi connectivity index (χ3v) is 3.21. The number of amides is 1. The molecule has 3 nitrogen and oxygen atoms in total. The Hall–Kier alpha value is -0.380. The van der Waals surface area contributed by atoms with Gasteiger partial charge in [0.05, 0.1) is 0 Å². The first-order chi connectivity index (χ1) is 6.88. The van der Waals surface area contributed by atoms with E-state index in [4.69, 9.17) is 4.74 Å². The maximum atomic E-state index is 11.4. The Balaban J connectivity index is 2.22. The minimum Gasteiger partial charge on any atom is -0.444 e. The van der Waals surface area contributed by atoms with E-state index < -0.39 is 5.60 Å². The van der Waals surface area contributed by atoms with Crippen LogP contribution in [0.2, 0.25) is 0 Å². The molecule has 1 fully saturated rings. The van der Waals surface area contributed by atoms with E-state index in [1.807, 2.05) is 20.8 Å². The van der Waals surface area contributed by atoms with Gasteiger partial charge in [0.25, 0.3) is 0 Å². The van der Waals surface area contributed by atoms with E-state index in [0.717, 1.165) is 12.8 Å². The fraction of sp³-hybridized carbons (Fsp3) is 0.909. The first kappa shape index (κ1) is 12.7. The van der Waals surface area contributed by atoms with Gasteiger partial charge in [-0.05, 0) is 39.5 Å². The van der Waals surface area contributed by atoms with Gasteiger partial charge in [-0.1, -0.05) is 6.42 Å². The first-order valence-electron chi connectivity index (χ1n) is 5.53. The second-order valence-electron chi connectivity index (χ2n) is 5.14. The molecule has 0 spiro atoms. The van der Waals surface area contributed by atoms with Crippen molar-refractivity contribution in [2.24, 2.45) is 5.92 Å². The normalized spacial score (nSPS) is 26.4. The third-order valence-electron chi connectivity index (χ3n) is 2.53. The van der Waals surface area contributed by atoms with Gasteiger partial charge in [-0.25, -0.2) is 4.79 Å². The third kappa shape index (κ3) is 4.78. The topological polar surface area (TPSA) is 38.3 Å². The predicted octanol–water partition coefficient (Wildman–Crippen LogP) is 2.61. The lowest BCUT2D eigenvalue weighted by molar-refractivity contribution is 0.0520. The summed E-state index contributed by atoms with van der Waals surface area (Å²) >= 11 is 4.48. The molecule has 1 amide bonds. The molecule has 1 rings (SSSR count). The molecule has 0 heterocycles. The Kier molecular flexibility index (Phi) is 4.32. The van der Waals surface area contributed by atoms with E-state index in [1.54, 1.807) is 0 Å². The van der Waals surface area contributed by atoms with Crippen LogP contribution in [0.15, 0.2) is 0 Å². The Morgan fingerprint density at radius 3 is 2.60 bits per heavy atom. The quantitative estimate of drug-likeness (QED) is 0.717. The zero-order valence-corrected chi connectivity index (χ0v) is 10.6. The molecule has 1 N–H and O–H groups in total. The van der Waals surface area contributed by atoms with Gasteiger partial charge in [-0.15, -0.1) is 0 Å². The largest absolute Gasteiger partial charge is 0.444 e. The number of carbonyl (C=O) groups excluding carboxylic acids is 1. The van der Waals surface area contributed by atoms with Crippen molar-refractivity contribution in [3.63, 3.8) is 0 Å². The highest BCUT2D eigenvalue weighted by Gasteiger charge is 2.25. The van der Waals surface area contributed by atoms with E-state index in [-0.39, 0.29) is 6.09 Å². The lowest BCUT2D eigenvalue weighted by atomic mass is 10.1. The van der Waals surface area contributed by atoms with E-state index in [9.17, 15) is 4.79 Å². The second-order valence-corrected chi connectivity index (χ2v) is 5.80. The van der Waals surface area contributed by atoms with Crippen LogP contribution in [0, 0.1) is 5.92 Å². The number of hydrogen-bond donors (Lipinski definition) is 2. The molecule has 0 aromatic heterocycles. The summed E-state index contributed by atoms with van der Waals surface area (Å²) in [5, 5.41) is 3.23. The zero-order valence-electron chi connectivity index (χ0n) is 9.75. The smallest absolute Gasteiger partial charge is 0.407 e. The number of rotatable bonds is 2. The fourth-order valence-electron chi connectivity index (χ4n) is 1.78. The van der Waals surface area contributed by atoms with Gasteiger partial charge in [-0.3, -0.25) is 0 Å². The standard InChI is InChI=1S/C11H21NO2S/c1-11(2,3)14-10(13)12-7-8-5-4-6-9(8)15/h8-9,15H,4-7H2,1-3H3,(H,12,13). The molecule has 4 heteroatoms. The molecule has 1 aliphatic rings. The molecule has 0 saturated heterocycles. The molecule has 2 unspecified atom stereocenters. The van der Waals surface area contributed by atoms with Gasteiger partial charge in [0, 0.05) is 11.8 Å². The summed E-state index contributed by atoms with van der Waals surface area (Å²) in [6.45, 7) is 6.28. The molecule has 0 aromatic rings. The van der Waals surface area contributed by atoms with Crippen LogP contribution >= 0.6 is 12.6 Å². The summed E-state index contributed by atoms with van der Waals surface area (Å²) < 4.78 is 5.16. The van der Waals surface area contributed by atoms with E-state index in [0.29, 0.717) is 17.7 Å². The number of alkyl carbamates (subject to hydrolysis) is 1. The highest BCUT2D eigenvalue weighted by atomic mass is 32.1. The Labute approximate surface area is 97.4 Å². The molecule has 0 radical (unpaired) electrons. The van der Waals surface area contributed by atoms with Gasteiger partial charge in [0.2, 0.25) is 0 Å². The molecule has 88 valence electrons. The molecule has 1 aliphatic carbocycles. The van der Waals surface area contributed by atoms with E-state index in [2.05, 4.69) is 17.9 Å². The average molecular weight is 231 g/mol. The summed E-state index contributed by atoms with van der Waals surface area (Å²) in [6, 6.07) is 0. The van der Waals surface area contributed by atoms with Crippen LogP contribution in [0.4, 0.5) is 4.79 Å². The maximum absolute atomic E-state index is 11.4. The Morgan fingerprint density at radius 1 is 1.47 bits per heavy atom. The lowest BCUT2D eigenvalue weighted by Gasteiger charge is -2.21. The summed E-state index contributed by atoms with van der Waals surface area (Å²) in [6.07, 6.45) is 3.21. The highest BCUT2D eigenvalue weighted by Crippen LogP contribution is 2.29. The van der Waals surface area contributed by atoms with Crippen molar-refractivity contribution >= 4 is 18.7 Å². The lowest BCUT2D eigenvalue weighted by Crippen LogP contribution is -2.36. The Morgan fingerprint density at radius 2 is 2.13 bits per heavy atom. The van der Waals surface area contributed by atoms with Crippen molar-refractivity contribution in [2.75, 3.05) is 6.54 Å². The van der Waals surface area contributed by atoms with Crippen LogP contribution in [-0.4, -0.2) is 23.5 Å². The second kappa shape index (κ2) is 5.10. The van der Waals surface area contributed by atoms with Crippen LogP contribution in [0.5, 0.6) is 0 Å². The fourth-order valence-corrected chi connectivity index (χ4v) is 2.22. The molecular formula is C11H21NO2S. The minimum atomic E-state index is -0.417. The Bertz CT molecular complexity index is 225. The number of thiol groups is 1. The van der Waals surface area contributed by atoms with Gasteiger partial charge < -0.3 is 10.1 Å². The first-order valence-corrected chi connectivity index (χ1v) is 6.05. The van der Waals surface area contributed by atoms with Gasteiger partial charge in [0.15, 0.2) is 0 Å². The van der Waals surface area contributed by atoms with Crippen molar-refractivity contribution in [1.29, 1.82) is 0 Å². The molecule has 1 saturated carbocycles. The molecule has 15 heavy (non-hydrogen) atoms. The van der Waals surface area contributed by atoms with Crippen LogP contribution in [0.3, 0.4) is 0 Å². The van der Waals surface area contributed by atoms with Crippen molar-refractivity contribution in [3.8, 4) is 0 Å². The van der Waals surface area contributed by atoms with E-state index in [1.165, 1.54) is 6.42 Å². The number of ether oxygens (including phenoxy) is 1. The van der Waals surface area contributed by atoms with Gasteiger partial charge >= 0.3 is 6.09 Å². The number of carbonyl (C=O) groups is 1. The van der Waals surface area contributed by atoms with Gasteiger partial charge in [-0.2, -0.15) is 12.6 Å². The summed E-state index contributed by atoms with van der Waals surface area (Å²) in [7, 11) is 0. The summed E-state index contributed by atoms with van der Waals surface area (Å²) in [5.74, 6) is 0.501. The van der Waals surface area contributed by atoms with Crippen molar-refractivity contribution < 1.29 is 9.53 Å². The zero-order chi connectivity index (χ0) is 11.5.